The van der Waals surface area contributed by atoms with E-state index < -0.39 is 31.0 Å². The second kappa shape index (κ2) is 22.6. The van der Waals surface area contributed by atoms with Crippen molar-refractivity contribution in [1.29, 1.82) is 0 Å². The second-order valence-electron chi connectivity index (χ2n) is 11.7. The summed E-state index contributed by atoms with van der Waals surface area (Å²) in [5.74, 6) is 6.99. The van der Waals surface area contributed by atoms with Crippen LogP contribution in [0.25, 0.3) is 0 Å². The summed E-state index contributed by atoms with van der Waals surface area (Å²) in [7, 11) is -8.26. The molecule has 45 heavy (non-hydrogen) atoms. The second-order valence-corrected chi connectivity index (χ2v) is 13.9. The Hall–Kier alpha value is -0.990. The van der Waals surface area contributed by atoms with Crippen LogP contribution in [-0.2, 0) is 4.57 Å². The third-order valence-corrected chi connectivity index (χ3v) is 9.42. The summed E-state index contributed by atoms with van der Waals surface area (Å²) in [4.78, 5) is 7.86. The van der Waals surface area contributed by atoms with E-state index in [0.717, 1.165) is 19.3 Å². The molecule has 0 bridgehead atoms. The van der Waals surface area contributed by atoms with Crippen LogP contribution in [0.2, 0.25) is 0 Å². The van der Waals surface area contributed by atoms with Crippen molar-refractivity contribution in [1.82, 2.24) is 0 Å². The molecule has 0 radical (unpaired) electrons. The third kappa shape index (κ3) is 17.7. The highest BCUT2D eigenvalue weighted by Gasteiger charge is 2.83. The first-order valence-corrected chi connectivity index (χ1v) is 17.8. The Kier molecular flexibility index (Phi) is 23.1. The van der Waals surface area contributed by atoms with Gasteiger partial charge in [-0.2, -0.15) is 43.9 Å². The summed E-state index contributed by atoms with van der Waals surface area (Å²) in [6, 6.07) is 0. The van der Waals surface area contributed by atoms with Crippen LogP contribution in [0, 0.1) is 11.8 Å². The molecule has 14 heteroatoms. The van der Waals surface area contributed by atoms with Crippen molar-refractivity contribution < 1.29 is 53.4 Å². The van der Waals surface area contributed by atoms with Crippen LogP contribution in [-0.4, -0.2) is 34.1 Å². The lowest BCUT2D eigenvalue weighted by atomic mass is 9.87. The highest BCUT2D eigenvalue weighted by atomic mass is 31.2. The molecule has 0 amide bonds. The minimum Gasteiger partial charge on any atom is -0.336 e. The molecule has 0 aromatic rings. The van der Waals surface area contributed by atoms with Crippen LogP contribution in [0.5, 0.6) is 0 Å². The van der Waals surface area contributed by atoms with Gasteiger partial charge in [-0.15, -0.1) is 5.92 Å². The fourth-order valence-corrected chi connectivity index (χ4v) is 5.48. The van der Waals surface area contributed by atoms with E-state index >= 15 is 0 Å². The molecule has 0 aromatic heterocycles. The van der Waals surface area contributed by atoms with E-state index in [1.165, 1.54) is 116 Å². The number of nitrogens with two attached hydrogens (primary N) is 1. The van der Waals surface area contributed by atoms with Gasteiger partial charge in [0.05, 0.1) is 5.54 Å². The van der Waals surface area contributed by atoms with Gasteiger partial charge >= 0.3 is 31.0 Å². The SMILES string of the molecule is CCCCCCCCC#CC(N)(CCCCCCCC)CCCCCCCC.O=P(O)(C(F)(F)C(F)(F)F)C(F)(F)C(F)(F)F. The molecule has 0 spiro atoms. The van der Waals surface area contributed by atoms with E-state index in [-0.39, 0.29) is 5.54 Å². The van der Waals surface area contributed by atoms with Crippen molar-refractivity contribution in [3.63, 3.8) is 0 Å². The Morgan fingerprint density at radius 3 is 1.13 bits per heavy atom. The molecule has 0 aliphatic heterocycles. The molecular weight excluding hydrogens is 639 g/mol. The van der Waals surface area contributed by atoms with Crippen molar-refractivity contribution >= 4 is 7.37 Å². The molecule has 3 nitrogen and oxygen atoms in total. The standard InChI is InChI=1S/C27H53N.C4HF10O2P/c1-4-7-10-13-16-17-20-23-26-27(28,24-21-18-14-11-8-5-2)25-22-19-15-12-9-6-3;5-1(6,7)3(11,12)17(15,16)4(13,14)2(8,9)10/h4-22,24-25,28H2,1-3H3;(H,15,16). The van der Waals surface area contributed by atoms with E-state index in [9.17, 15) is 48.5 Å². The molecule has 0 aliphatic carbocycles. The summed E-state index contributed by atoms with van der Waals surface area (Å²) in [5, 5.41) is 0. The molecule has 0 aromatic carbocycles. The van der Waals surface area contributed by atoms with Crippen molar-refractivity contribution in [2.24, 2.45) is 5.73 Å². The number of hydrogen-bond acceptors (Lipinski definition) is 2. The van der Waals surface area contributed by atoms with Gasteiger partial charge in [0.25, 0.3) is 0 Å². The lowest BCUT2D eigenvalue weighted by Crippen LogP contribution is -2.47. The lowest BCUT2D eigenvalue weighted by molar-refractivity contribution is -0.270. The highest BCUT2D eigenvalue weighted by Crippen LogP contribution is 2.74. The molecule has 0 saturated carbocycles. The number of unbranched alkanes of at least 4 members (excludes halogenated alkanes) is 16. The van der Waals surface area contributed by atoms with Crippen LogP contribution in [0.1, 0.15) is 156 Å². The number of halogens is 10. The zero-order chi connectivity index (χ0) is 35.3. The van der Waals surface area contributed by atoms with Crippen LogP contribution < -0.4 is 5.73 Å². The molecule has 0 heterocycles. The Balaban J connectivity index is 0. The third-order valence-electron chi connectivity index (χ3n) is 7.39. The number of rotatable bonds is 22. The number of hydrogen-bond donors (Lipinski definition) is 2. The minimum absolute atomic E-state index is 0.224. The summed E-state index contributed by atoms with van der Waals surface area (Å²) in [6.45, 7) is 6.84. The predicted molar refractivity (Wildman–Crippen MR) is 161 cm³/mol. The van der Waals surface area contributed by atoms with Crippen molar-refractivity contribution in [2.75, 3.05) is 0 Å². The normalized spacial score (nSPS) is 13.2. The average Bonchev–Trinajstić information content (AvgIpc) is 2.93. The van der Waals surface area contributed by atoms with Gasteiger partial charge in [-0.05, 0) is 19.3 Å². The molecule has 270 valence electrons. The summed E-state index contributed by atoms with van der Waals surface area (Å²) in [6.07, 6.45) is 13.3. The molecule has 0 saturated heterocycles. The van der Waals surface area contributed by atoms with Gasteiger partial charge < -0.3 is 10.6 Å². The van der Waals surface area contributed by atoms with E-state index in [0.29, 0.717) is 0 Å². The molecule has 0 rings (SSSR count). The topological polar surface area (TPSA) is 63.3 Å². The first-order chi connectivity index (χ1) is 20.7. The Morgan fingerprint density at radius 1 is 0.533 bits per heavy atom. The van der Waals surface area contributed by atoms with Crippen LogP contribution in [0.15, 0.2) is 0 Å². The molecule has 3 N–H and O–H groups in total. The zero-order valence-corrected chi connectivity index (χ0v) is 27.9. The van der Waals surface area contributed by atoms with E-state index in [1.54, 1.807) is 0 Å². The maximum Gasteiger partial charge on any atom is 0.463 e. The molecule has 0 aliphatic rings. The first kappa shape index (κ1) is 46.1. The fourth-order valence-electron chi connectivity index (χ4n) is 4.44. The fraction of sp³-hybridized carbons (Fsp3) is 0.935. The largest absolute Gasteiger partial charge is 0.463 e. The van der Waals surface area contributed by atoms with Gasteiger partial charge in [-0.25, -0.2) is 0 Å². The highest BCUT2D eigenvalue weighted by molar-refractivity contribution is 7.60. The maximum atomic E-state index is 12.1. The van der Waals surface area contributed by atoms with E-state index in [2.05, 4.69) is 32.6 Å². The van der Waals surface area contributed by atoms with Gasteiger partial charge in [-0.3, -0.25) is 4.57 Å². The van der Waals surface area contributed by atoms with Crippen molar-refractivity contribution in [3.05, 3.63) is 0 Å². The van der Waals surface area contributed by atoms with Crippen LogP contribution in [0.4, 0.5) is 43.9 Å². The minimum atomic E-state index is -8.26. The zero-order valence-electron chi connectivity index (χ0n) is 27.0. The predicted octanol–water partition coefficient (Wildman–Crippen LogP) is 12.5. The van der Waals surface area contributed by atoms with Gasteiger partial charge in [0.1, 0.15) is 0 Å². The average molecular weight is 694 g/mol. The lowest BCUT2D eigenvalue weighted by Gasteiger charge is -2.30. The Morgan fingerprint density at radius 2 is 0.822 bits per heavy atom. The van der Waals surface area contributed by atoms with E-state index in [1.807, 2.05) is 0 Å². The van der Waals surface area contributed by atoms with Crippen molar-refractivity contribution in [3.8, 4) is 11.8 Å². The van der Waals surface area contributed by atoms with Crippen molar-refractivity contribution in [2.45, 2.75) is 185 Å². The van der Waals surface area contributed by atoms with Gasteiger partial charge in [-0.1, -0.05) is 136 Å². The first-order valence-electron chi connectivity index (χ1n) is 16.2. The van der Waals surface area contributed by atoms with Gasteiger partial charge in [0.2, 0.25) is 0 Å². The summed E-state index contributed by atoms with van der Waals surface area (Å²) in [5.41, 5.74) is -7.61. The monoisotopic (exact) mass is 693 g/mol. The smallest absolute Gasteiger partial charge is 0.336 e. The Bertz CT molecular complexity index is 821. The summed E-state index contributed by atoms with van der Waals surface area (Å²) >= 11 is 0. The van der Waals surface area contributed by atoms with Gasteiger partial charge in [0.15, 0.2) is 0 Å². The quantitative estimate of drug-likeness (QED) is 0.0513. The van der Waals surface area contributed by atoms with Crippen LogP contribution >= 0.6 is 7.37 Å². The molecule has 0 atom stereocenters. The van der Waals surface area contributed by atoms with Crippen LogP contribution in [0.3, 0.4) is 0 Å². The summed E-state index contributed by atoms with van der Waals surface area (Å²) < 4.78 is 127. The van der Waals surface area contributed by atoms with Gasteiger partial charge in [0, 0.05) is 6.42 Å². The molecule has 0 fully saturated rings. The molecule has 0 unspecified atom stereocenters. The maximum absolute atomic E-state index is 12.1. The van der Waals surface area contributed by atoms with E-state index in [4.69, 9.17) is 10.6 Å². The Labute approximate surface area is 263 Å². The molecular formula is C31H54F10NO2P. The number of alkyl halides is 10.